The summed E-state index contributed by atoms with van der Waals surface area (Å²) in [5.74, 6) is -0.255. The largest absolute Gasteiger partial charge is 0.385 e. The molecule has 2 bridgehead atoms. The number of nitrogens with two attached hydrogens (primary N) is 2. The third-order valence-electron chi connectivity index (χ3n) is 7.10. The fourth-order valence-electron chi connectivity index (χ4n) is 5.15. The van der Waals surface area contributed by atoms with Crippen LogP contribution in [0, 0.1) is 0 Å². The minimum absolute atomic E-state index is 0.0313. The van der Waals surface area contributed by atoms with Crippen molar-refractivity contribution < 1.29 is 57.1 Å². The predicted molar refractivity (Wildman–Crippen MR) is 143 cm³/mol. The van der Waals surface area contributed by atoms with E-state index >= 15 is 0 Å². The minimum Gasteiger partial charge on any atom is -0.385 e. The summed E-state index contributed by atoms with van der Waals surface area (Å²) in [5.41, 5.74) is 10.8. The lowest BCUT2D eigenvalue weighted by Gasteiger charge is -2.26. The molecule has 3 saturated heterocycles. The van der Waals surface area contributed by atoms with Crippen LogP contribution in [0.2, 0.25) is 0 Å². The number of aliphatic hydroxyl groups excluding tert-OH is 2. The Labute approximate surface area is 248 Å². The molecule has 7 heterocycles. The van der Waals surface area contributed by atoms with E-state index in [2.05, 4.69) is 29.9 Å². The van der Waals surface area contributed by atoms with Crippen LogP contribution in [-0.2, 0) is 37.1 Å². The summed E-state index contributed by atoms with van der Waals surface area (Å²) in [6.45, 7) is 0. The van der Waals surface area contributed by atoms with Crippen LogP contribution in [-0.4, -0.2) is 109 Å². The molecule has 23 nitrogen and oxygen atoms in total. The molecule has 4 aromatic rings. The van der Waals surface area contributed by atoms with Crippen LogP contribution < -0.4 is 17.0 Å². The Morgan fingerprint density at radius 2 is 1.44 bits per heavy atom. The maximum absolute atomic E-state index is 13.3. The number of aromatic nitrogens is 8. The van der Waals surface area contributed by atoms with Gasteiger partial charge < -0.3 is 50.4 Å². The molecule has 6 unspecified atom stereocenters. The minimum atomic E-state index is -4.85. The number of hydrogen-bond donors (Lipinski definition) is 7. The van der Waals surface area contributed by atoms with E-state index < -0.39 is 82.9 Å². The van der Waals surface area contributed by atoms with Crippen molar-refractivity contribution in [3.63, 3.8) is 0 Å². The molecule has 9 N–H and O–H groups in total. The van der Waals surface area contributed by atoms with Gasteiger partial charge in [-0.05, 0) is 0 Å². The van der Waals surface area contributed by atoms with Crippen molar-refractivity contribution in [2.45, 2.75) is 49.5 Å². The van der Waals surface area contributed by atoms with Gasteiger partial charge in [-0.1, -0.05) is 0 Å². The number of ether oxygens (including phenoxy) is 4. The van der Waals surface area contributed by atoms with Gasteiger partial charge in [0.05, 0.1) is 12.7 Å². The highest BCUT2D eigenvalue weighted by Crippen LogP contribution is 2.53. The number of aromatic amines is 1. The number of fused-ring (bicyclic) bond motifs is 5. The van der Waals surface area contributed by atoms with Crippen LogP contribution in [0.4, 0.5) is 11.8 Å². The van der Waals surface area contributed by atoms with Gasteiger partial charge in [0.15, 0.2) is 60.4 Å². The number of hydrogen-bond acceptors (Lipinski definition) is 18. The van der Waals surface area contributed by atoms with E-state index in [4.69, 9.17) is 39.5 Å². The lowest BCUT2D eigenvalue weighted by atomic mass is 10.2. The second kappa shape index (κ2) is 10.8. The summed E-state index contributed by atoms with van der Waals surface area (Å²) in [7, 11) is -9.66. The average molecular weight is 674 g/mol. The first-order chi connectivity index (χ1) is 21.3. The van der Waals surface area contributed by atoms with E-state index in [1.54, 1.807) is 0 Å². The van der Waals surface area contributed by atoms with Crippen molar-refractivity contribution in [2.24, 2.45) is 0 Å². The topological polar surface area (TPSA) is 330 Å². The standard InChI is InChI=1S/C20H24N10O13P2/c21-12-6-13(24-1-23-12)29(2-25-6)16-8(31)11-19(40-16)39-5-44(34,35)42-10-9(32)18(38-4-45(36,37)43-11)41-17(10)30-3-26-7-14(30)27-20(22)28-15(7)33/h1-3,8-11,16-19,31-32H,4-5H2,(H,34,35)(H,36,37)(H2,21,23,24)(H3,22,27,28,33)/t8?,9?,10?,11?,16-,17-,18+,19+/m1/s1. The Kier molecular flexibility index (Phi) is 7.27. The molecule has 4 aromatic heterocycles. The molecule has 0 aromatic carbocycles. The Hall–Kier alpha value is -3.44. The van der Waals surface area contributed by atoms with Gasteiger partial charge in [0.1, 0.15) is 36.3 Å². The molecule has 0 aliphatic carbocycles. The van der Waals surface area contributed by atoms with Gasteiger partial charge in [-0.15, -0.1) is 0 Å². The van der Waals surface area contributed by atoms with Crippen molar-refractivity contribution in [3.05, 3.63) is 29.3 Å². The number of imidazole rings is 2. The van der Waals surface area contributed by atoms with E-state index in [0.717, 1.165) is 17.2 Å². The van der Waals surface area contributed by atoms with Crippen molar-refractivity contribution in [3.8, 4) is 0 Å². The van der Waals surface area contributed by atoms with E-state index in [0.29, 0.717) is 0 Å². The Morgan fingerprint density at radius 1 is 0.822 bits per heavy atom. The number of H-pyrrole nitrogens is 1. The molecular weight excluding hydrogens is 650 g/mol. The first-order valence-electron chi connectivity index (χ1n) is 12.9. The van der Waals surface area contributed by atoms with Crippen LogP contribution in [0.25, 0.3) is 22.3 Å². The Morgan fingerprint density at radius 3 is 2.18 bits per heavy atom. The van der Waals surface area contributed by atoms with Gasteiger partial charge in [-0.3, -0.25) is 37.1 Å². The second-order valence-corrected chi connectivity index (χ2v) is 13.6. The number of nitrogens with one attached hydrogen (secondary N) is 1. The molecule has 0 saturated carbocycles. The van der Waals surface area contributed by atoms with E-state index in [-0.39, 0.29) is 34.1 Å². The highest BCUT2D eigenvalue weighted by Gasteiger charge is 2.54. The van der Waals surface area contributed by atoms with Crippen molar-refractivity contribution in [1.82, 2.24) is 39.0 Å². The van der Waals surface area contributed by atoms with Gasteiger partial charge in [0.2, 0.25) is 5.95 Å². The predicted octanol–water partition coefficient (Wildman–Crippen LogP) is -2.34. The molecule has 7 rings (SSSR count). The molecule has 10 atom stereocenters. The monoisotopic (exact) mass is 674 g/mol. The highest BCUT2D eigenvalue weighted by molar-refractivity contribution is 7.52. The molecule has 3 fully saturated rings. The zero-order chi connectivity index (χ0) is 31.8. The third-order valence-corrected chi connectivity index (χ3v) is 9.20. The normalized spacial score (nSPS) is 37.7. The molecule has 3 aliphatic rings. The fraction of sp³-hybridized carbons (Fsp3) is 0.500. The molecule has 3 aliphatic heterocycles. The fourth-order valence-corrected chi connectivity index (χ4v) is 7.16. The molecular formula is C20H24N10O13P2. The van der Waals surface area contributed by atoms with Gasteiger partial charge in [-0.2, -0.15) is 4.98 Å². The number of aliphatic hydroxyl groups is 2. The maximum atomic E-state index is 13.3. The number of nitrogen functional groups attached to an aromatic ring is 2. The lowest BCUT2D eigenvalue weighted by molar-refractivity contribution is -0.174. The zero-order valence-corrected chi connectivity index (χ0v) is 24.2. The molecule has 25 heteroatoms. The molecule has 0 radical (unpaired) electrons. The smallest absolute Gasteiger partial charge is 0.354 e. The van der Waals surface area contributed by atoms with Gasteiger partial charge in [0, 0.05) is 0 Å². The van der Waals surface area contributed by atoms with Gasteiger partial charge >= 0.3 is 15.2 Å². The lowest BCUT2D eigenvalue weighted by Crippen LogP contribution is -2.35. The van der Waals surface area contributed by atoms with Crippen molar-refractivity contribution in [2.75, 3.05) is 24.2 Å². The van der Waals surface area contributed by atoms with E-state index in [1.807, 2.05) is 0 Å². The van der Waals surface area contributed by atoms with Gasteiger partial charge in [-0.25, -0.2) is 19.9 Å². The van der Waals surface area contributed by atoms with Crippen molar-refractivity contribution in [1.29, 1.82) is 0 Å². The SMILES string of the molecule is Nc1nc2c(ncn2[C@@H]2O[C@@H]3OCP(=O)(O)OC4C(O)[C@H](n5cnc6c(N)ncnc65)O[C@@H]4OCP(=O)(O)OC2C3O)c(=O)[nH]1. The molecule has 242 valence electrons. The number of anilines is 2. The zero-order valence-electron chi connectivity index (χ0n) is 22.4. The molecule has 45 heavy (non-hydrogen) atoms. The summed E-state index contributed by atoms with van der Waals surface area (Å²) in [4.78, 5) is 55.9. The summed E-state index contributed by atoms with van der Waals surface area (Å²) < 4.78 is 61.7. The van der Waals surface area contributed by atoms with Crippen LogP contribution in [0.15, 0.2) is 23.8 Å². The number of nitrogens with zero attached hydrogens (tertiary/aromatic N) is 7. The molecule has 0 spiro atoms. The number of rotatable bonds is 2. The van der Waals surface area contributed by atoms with E-state index in [9.17, 15) is 33.9 Å². The summed E-state index contributed by atoms with van der Waals surface area (Å²) in [6.07, 6.45) is -12.2. The van der Waals surface area contributed by atoms with Crippen LogP contribution >= 0.6 is 15.2 Å². The van der Waals surface area contributed by atoms with Crippen LogP contribution in [0.3, 0.4) is 0 Å². The summed E-state index contributed by atoms with van der Waals surface area (Å²) in [5, 5.41) is 22.1. The van der Waals surface area contributed by atoms with Gasteiger partial charge in [0.25, 0.3) is 5.56 Å². The summed E-state index contributed by atoms with van der Waals surface area (Å²) >= 11 is 0. The third kappa shape index (κ3) is 5.31. The first-order valence-corrected chi connectivity index (χ1v) is 16.4. The quantitative estimate of drug-likeness (QED) is 0.109. The van der Waals surface area contributed by atoms with Crippen molar-refractivity contribution >= 4 is 49.3 Å². The summed E-state index contributed by atoms with van der Waals surface area (Å²) in [6, 6.07) is 0. The first kappa shape index (κ1) is 30.2. The average Bonchev–Trinajstić information content (AvgIpc) is 3.72. The van der Waals surface area contributed by atoms with E-state index in [1.165, 1.54) is 10.9 Å². The second-order valence-electron chi connectivity index (χ2n) is 10.1. The maximum Gasteiger partial charge on any atom is 0.354 e. The van der Waals surface area contributed by atoms with Crippen LogP contribution in [0.1, 0.15) is 12.5 Å². The highest BCUT2D eigenvalue weighted by atomic mass is 31.2. The Balaban J connectivity index is 1.21. The molecule has 0 amide bonds. The van der Waals surface area contributed by atoms with Crippen LogP contribution in [0.5, 0.6) is 0 Å². The Bertz CT molecular complexity index is 1940.